The second-order valence-electron chi connectivity index (χ2n) is 8.12. The van der Waals surface area contributed by atoms with E-state index in [1.54, 1.807) is 0 Å². The molecule has 7 atom stereocenters. The largest absolute Gasteiger partial charge is 0.394 e. The summed E-state index contributed by atoms with van der Waals surface area (Å²) in [6.07, 6.45) is 10.6. The van der Waals surface area contributed by atoms with E-state index in [2.05, 4.69) is 12.2 Å². The zero-order valence-corrected chi connectivity index (χ0v) is 15.4. The molecule has 3 fully saturated rings. The van der Waals surface area contributed by atoms with E-state index in [1.807, 2.05) is 0 Å². The monoisotopic (exact) mass is 368 g/mol. The van der Waals surface area contributed by atoms with Gasteiger partial charge in [-0.3, -0.25) is 0 Å². The molecule has 6 heteroatoms. The lowest BCUT2D eigenvalue weighted by Crippen LogP contribution is -2.63. The molecule has 7 unspecified atom stereocenters. The van der Waals surface area contributed by atoms with Gasteiger partial charge in [0.1, 0.15) is 24.4 Å². The second-order valence-corrected chi connectivity index (χ2v) is 8.12. The molecule has 0 bridgehead atoms. The van der Waals surface area contributed by atoms with Crippen LogP contribution in [0, 0.1) is 11.8 Å². The number of aliphatic hydroxyl groups excluding tert-OH is 2. The minimum absolute atomic E-state index is 0.175. The van der Waals surface area contributed by atoms with Crippen molar-refractivity contribution in [3.8, 4) is 0 Å². The molecule has 0 aromatic heterocycles. The highest BCUT2D eigenvalue weighted by atomic mass is 16.8. The van der Waals surface area contributed by atoms with Crippen LogP contribution in [0.5, 0.6) is 0 Å². The van der Waals surface area contributed by atoms with Crippen LogP contribution in [0.25, 0.3) is 0 Å². The van der Waals surface area contributed by atoms with Crippen LogP contribution in [0.4, 0.5) is 0 Å². The van der Waals surface area contributed by atoms with Crippen LogP contribution >= 0.6 is 0 Å². The number of fused-ring (bicyclic) bond motifs is 1. The third-order valence-electron chi connectivity index (χ3n) is 6.25. The number of hydrogen-bond acceptors (Lipinski definition) is 6. The molecule has 0 spiro atoms. The summed E-state index contributed by atoms with van der Waals surface area (Å²) in [5.74, 6) is 0.574. The molecule has 1 saturated carbocycles. The Kier molecular flexibility index (Phi) is 6.29. The molecule has 0 amide bonds. The molecule has 4 aliphatic rings. The Morgan fingerprint density at radius 1 is 0.962 bits per heavy atom. The van der Waals surface area contributed by atoms with E-state index in [0.717, 1.165) is 32.1 Å². The standard InChI is InChI=1S/C20H32O6/c21-11-15(22)17-18-16(24-20(25-17)14-9-5-2-6-10-14)12-23-19(26-18)13-7-3-1-4-8-13/h5,9,13-22H,1-4,6-8,10-12H2. The number of aliphatic hydroxyl groups is 2. The van der Waals surface area contributed by atoms with Crippen molar-refractivity contribution < 1.29 is 29.2 Å². The van der Waals surface area contributed by atoms with Gasteiger partial charge in [0.25, 0.3) is 0 Å². The maximum Gasteiger partial charge on any atom is 0.165 e. The first-order valence-electron chi connectivity index (χ1n) is 10.3. The highest BCUT2D eigenvalue weighted by molar-refractivity contribution is 4.98. The highest BCUT2D eigenvalue weighted by Crippen LogP contribution is 2.38. The fourth-order valence-corrected chi connectivity index (χ4v) is 4.74. The molecule has 2 aliphatic heterocycles. The molecular formula is C20H32O6. The minimum Gasteiger partial charge on any atom is -0.394 e. The lowest BCUT2D eigenvalue weighted by Gasteiger charge is -2.49. The van der Waals surface area contributed by atoms with Gasteiger partial charge in [0.2, 0.25) is 0 Å². The van der Waals surface area contributed by atoms with Gasteiger partial charge in [0.15, 0.2) is 12.6 Å². The highest BCUT2D eigenvalue weighted by Gasteiger charge is 2.49. The lowest BCUT2D eigenvalue weighted by atomic mass is 9.88. The Morgan fingerprint density at radius 3 is 2.54 bits per heavy atom. The Labute approximate surface area is 155 Å². The minimum atomic E-state index is -0.980. The van der Waals surface area contributed by atoms with Crippen LogP contribution in [-0.2, 0) is 18.9 Å². The fraction of sp³-hybridized carbons (Fsp3) is 0.900. The van der Waals surface area contributed by atoms with E-state index < -0.39 is 24.6 Å². The maximum absolute atomic E-state index is 10.4. The molecule has 26 heavy (non-hydrogen) atoms. The van der Waals surface area contributed by atoms with Gasteiger partial charge in [-0.1, -0.05) is 31.4 Å². The van der Waals surface area contributed by atoms with Crippen molar-refractivity contribution >= 4 is 0 Å². The van der Waals surface area contributed by atoms with Crippen LogP contribution in [0.3, 0.4) is 0 Å². The van der Waals surface area contributed by atoms with E-state index in [1.165, 1.54) is 19.3 Å². The van der Waals surface area contributed by atoms with Crippen molar-refractivity contribution in [3.63, 3.8) is 0 Å². The van der Waals surface area contributed by atoms with Gasteiger partial charge in [-0.25, -0.2) is 0 Å². The number of rotatable bonds is 4. The van der Waals surface area contributed by atoms with Gasteiger partial charge in [-0.05, 0) is 32.1 Å². The average molecular weight is 368 g/mol. The van der Waals surface area contributed by atoms with Crippen molar-refractivity contribution in [2.45, 2.75) is 88.4 Å². The summed E-state index contributed by atoms with van der Waals surface area (Å²) in [6, 6.07) is 0. The van der Waals surface area contributed by atoms with Crippen molar-refractivity contribution in [2.24, 2.45) is 11.8 Å². The Bertz CT molecular complexity index is 477. The first kappa shape index (κ1) is 18.8. The van der Waals surface area contributed by atoms with E-state index in [9.17, 15) is 10.2 Å². The summed E-state index contributed by atoms with van der Waals surface area (Å²) in [4.78, 5) is 0. The predicted molar refractivity (Wildman–Crippen MR) is 94.3 cm³/mol. The summed E-state index contributed by atoms with van der Waals surface area (Å²) in [6.45, 7) is 0.107. The summed E-state index contributed by atoms with van der Waals surface area (Å²) >= 11 is 0. The van der Waals surface area contributed by atoms with Crippen LogP contribution in [0.1, 0.15) is 51.4 Å². The Balaban J connectivity index is 1.46. The van der Waals surface area contributed by atoms with Gasteiger partial charge < -0.3 is 29.2 Å². The molecule has 2 heterocycles. The molecule has 4 rings (SSSR count). The number of allylic oxidation sites excluding steroid dienone is 1. The molecule has 6 nitrogen and oxygen atoms in total. The van der Waals surface area contributed by atoms with E-state index >= 15 is 0 Å². The number of ether oxygens (including phenoxy) is 4. The molecule has 2 saturated heterocycles. The molecule has 0 aromatic carbocycles. The summed E-state index contributed by atoms with van der Waals surface area (Å²) in [5, 5.41) is 19.9. The van der Waals surface area contributed by atoms with E-state index in [4.69, 9.17) is 18.9 Å². The first-order chi connectivity index (χ1) is 12.8. The molecular weight excluding hydrogens is 336 g/mol. The smallest absolute Gasteiger partial charge is 0.165 e. The van der Waals surface area contributed by atoms with E-state index in [0.29, 0.717) is 12.5 Å². The fourth-order valence-electron chi connectivity index (χ4n) is 4.74. The molecule has 148 valence electrons. The average Bonchev–Trinajstić information content (AvgIpc) is 2.73. The zero-order valence-electron chi connectivity index (χ0n) is 15.4. The molecule has 0 radical (unpaired) electrons. The van der Waals surface area contributed by atoms with Crippen molar-refractivity contribution in [1.29, 1.82) is 0 Å². The van der Waals surface area contributed by atoms with Crippen LogP contribution in [0.15, 0.2) is 12.2 Å². The third kappa shape index (κ3) is 4.01. The second kappa shape index (κ2) is 8.67. The summed E-state index contributed by atoms with van der Waals surface area (Å²) in [7, 11) is 0. The molecule has 2 aliphatic carbocycles. The van der Waals surface area contributed by atoms with Gasteiger partial charge in [-0.15, -0.1) is 0 Å². The summed E-state index contributed by atoms with van der Waals surface area (Å²) in [5.41, 5.74) is 0. The van der Waals surface area contributed by atoms with Crippen LogP contribution in [-0.4, -0.2) is 60.4 Å². The number of hydrogen-bond donors (Lipinski definition) is 2. The third-order valence-corrected chi connectivity index (χ3v) is 6.25. The van der Waals surface area contributed by atoms with Gasteiger partial charge in [0, 0.05) is 11.8 Å². The van der Waals surface area contributed by atoms with Crippen molar-refractivity contribution in [3.05, 3.63) is 12.2 Å². The zero-order chi connectivity index (χ0) is 17.9. The Morgan fingerprint density at radius 2 is 1.81 bits per heavy atom. The van der Waals surface area contributed by atoms with Crippen LogP contribution in [0.2, 0.25) is 0 Å². The van der Waals surface area contributed by atoms with Crippen molar-refractivity contribution in [1.82, 2.24) is 0 Å². The topological polar surface area (TPSA) is 77.4 Å². The van der Waals surface area contributed by atoms with Gasteiger partial charge in [0.05, 0.1) is 13.2 Å². The normalized spacial score (nSPS) is 43.0. The van der Waals surface area contributed by atoms with Crippen molar-refractivity contribution in [2.75, 3.05) is 13.2 Å². The Hall–Kier alpha value is -0.500. The van der Waals surface area contributed by atoms with Gasteiger partial charge >= 0.3 is 0 Å². The first-order valence-corrected chi connectivity index (χ1v) is 10.3. The van der Waals surface area contributed by atoms with Gasteiger partial charge in [-0.2, -0.15) is 0 Å². The lowest BCUT2D eigenvalue weighted by molar-refractivity contribution is -0.380. The molecule has 2 N–H and O–H groups in total. The maximum atomic E-state index is 10.4. The molecule has 0 aromatic rings. The SMILES string of the molecule is OCC(O)C1OC(C2C=CCCC2)OC2COC(C3CCCCC3)OC21. The predicted octanol–water partition coefficient (Wildman–Crippen LogP) is 2.13. The van der Waals surface area contributed by atoms with E-state index in [-0.39, 0.29) is 24.9 Å². The summed E-state index contributed by atoms with van der Waals surface area (Å²) < 4.78 is 24.6. The quantitative estimate of drug-likeness (QED) is 0.741. The van der Waals surface area contributed by atoms with Crippen LogP contribution < -0.4 is 0 Å².